The van der Waals surface area contributed by atoms with Gasteiger partial charge in [0.2, 0.25) is 5.91 Å². The van der Waals surface area contributed by atoms with Crippen LogP contribution in [0.25, 0.3) is 11.1 Å². The quantitative estimate of drug-likeness (QED) is 0.319. The number of aromatic nitrogens is 4. The third kappa shape index (κ3) is 6.94. The molecule has 3 aromatic rings. The summed E-state index contributed by atoms with van der Waals surface area (Å²) in [4.78, 5) is 20.8. The molecule has 1 aliphatic rings. The molecule has 0 radical (unpaired) electrons. The average Bonchev–Trinajstić information content (AvgIpc) is 3.20. The number of pyridine rings is 2. The maximum absolute atomic E-state index is 12.6. The van der Waals surface area contributed by atoms with Gasteiger partial charge in [0.1, 0.15) is 10.9 Å². The van der Waals surface area contributed by atoms with Gasteiger partial charge in [0.25, 0.3) is 0 Å². The third-order valence-corrected chi connectivity index (χ3v) is 4.87. The van der Waals surface area contributed by atoms with E-state index in [1.807, 2.05) is 6.92 Å². The van der Waals surface area contributed by atoms with Crippen LogP contribution in [0.4, 0.5) is 5.13 Å². The Morgan fingerprint density at radius 1 is 1.35 bits per heavy atom. The Morgan fingerprint density at radius 2 is 2.10 bits per heavy atom. The van der Waals surface area contributed by atoms with E-state index >= 15 is 0 Å². The second-order valence-corrected chi connectivity index (χ2v) is 7.63. The third-order valence-electron chi connectivity index (χ3n) is 4.11. The van der Waals surface area contributed by atoms with Crippen LogP contribution in [0.15, 0.2) is 24.5 Å². The van der Waals surface area contributed by atoms with E-state index in [9.17, 15) is 4.79 Å². The predicted molar refractivity (Wildman–Crippen MR) is 113 cm³/mol. The van der Waals surface area contributed by atoms with Gasteiger partial charge in [-0.3, -0.25) is 26.2 Å². The number of hydrogen-bond donors (Lipinski definition) is 2. The van der Waals surface area contributed by atoms with Crippen molar-refractivity contribution in [2.75, 3.05) is 25.5 Å². The minimum Gasteiger partial charge on any atom is -0.494 e. The molecule has 1 saturated heterocycles. The van der Waals surface area contributed by atoms with Crippen LogP contribution < -0.4 is 10.1 Å². The number of ether oxygens (including phenoxy) is 1. The summed E-state index contributed by atoms with van der Waals surface area (Å²) in [7, 11) is 1.53. The molecule has 0 aliphatic carbocycles. The molecule has 0 atom stereocenters. The van der Waals surface area contributed by atoms with Crippen molar-refractivity contribution in [3.05, 3.63) is 53.4 Å². The number of carbonyl (C=O) groups is 1. The molecule has 160 valence electrons. The van der Waals surface area contributed by atoms with E-state index in [1.54, 1.807) is 12.1 Å². The van der Waals surface area contributed by atoms with Crippen molar-refractivity contribution < 1.29 is 45.9 Å². The van der Waals surface area contributed by atoms with E-state index in [-0.39, 0.29) is 37.0 Å². The van der Waals surface area contributed by atoms with Crippen LogP contribution in [-0.2, 0) is 0 Å². The first-order valence-corrected chi connectivity index (χ1v) is 10.0. The molecule has 9 nitrogen and oxygen atoms in total. The molecule has 0 aromatic carbocycles. The Morgan fingerprint density at radius 3 is 2.65 bits per heavy atom. The molecule has 1 aliphatic heterocycles. The predicted octanol–water partition coefficient (Wildman–Crippen LogP) is 3.16. The number of aryl methyl sites for hydroxylation is 1. The van der Waals surface area contributed by atoms with E-state index in [0.29, 0.717) is 38.6 Å². The molecule has 1 fully saturated rings. The Bertz CT molecular complexity index is 1010. The van der Waals surface area contributed by atoms with Gasteiger partial charge in [-0.25, -0.2) is 10.1 Å². The van der Waals surface area contributed by atoms with Crippen LogP contribution in [-0.4, -0.2) is 56.5 Å². The van der Waals surface area contributed by atoms with Crippen LogP contribution in [0.3, 0.4) is 0 Å². The second-order valence-electron chi connectivity index (χ2n) is 6.47. The Balaban J connectivity index is 0.000000422. The molecule has 4 heterocycles. The fraction of sp³-hybridized carbons (Fsp3) is 0.263. The van der Waals surface area contributed by atoms with Crippen molar-refractivity contribution in [1.82, 2.24) is 25.2 Å². The monoisotopic (exact) mass is 684 g/mol. The zero-order valence-electron chi connectivity index (χ0n) is 16.8. The van der Waals surface area contributed by atoms with Gasteiger partial charge < -0.3 is 22.2 Å². The summed E-state index contributed by atoms with van der Waals surface area (Å²) < 4.78 is 5.34. The molecule has 4 rings (SSSR count). The summed E-state index contributed by atoms with van der Waals surface area (Å²) in [6.45, 7) is 7.03. The molecule has 0 bridgehead atoms. The van der Waals surface area contributed by atoms with Crippen molar-refractivity contribution in [2.24, 2.45) is 5.92 Å². The van der Waals surface area contributed by atoms with E-state index in [1.165, 1.54) is 24.6 Å². The number of hydroxylamine groups is 2. The Labute approximate surface area is 212 Å². The number of carbonyl (C=O) groups excluding carboxylic acids is 1. The Hall–Kier alpha value is -1.61. The summed E-state index contributed by atoms with van der Waals surface area (Å²) in [5.41, 5.74) is 4.96. The standard InChI is InChI=1S/C15H11ClN5O2S.C4H8NO.U/c1-8-3-9(10-4-13(16)18-6-12(10)23-2)11(5-17-8)14(22)20-15-21-19-7-24-15;1-4-2-5(6)3-4;/h3-6H,1-2H3,(H,20,21,22);4,6H,1-3H2;/q2*-1;+2. The SMILES string of the molecule is COc1cnc(Cl)cc1-c1cc(C)ncc1C(=O)Nc1nn[c-]s1.[CH2-]C1CN(O)C1.[U+2]. The van der Waals surface area contributed by atoms with Gasteiger partial charge >= 0.3 is 31.1 Å². The first-order chi connectivity index (χ1) is 14.4. The van der Waals surface area contributed by atoms with Gasteiger partial charge in [-0.1, -0.05) is 17.1 Å². The van der Waals surface area contributed by atoms with Crippen LogP contribution in [0.5, 0.6) is 5.75 Å². The molecule has 0 saturated carbocycles. The van der Waals surface area contributed by atoms with Gasteiger partial charge in [-0.15, -0.1) is 5.92 Å². The smallest absolute Gasteiger partial charge is 0.494 e. The van der Waals surface area contributed by atoms with Gasteiger partial charge in [-0.2, -0.15) is 5.06 Å². The van der Waals surface area contributed by atoms with Crippen molar-refractivity contribution in [1.29, 1.82) is 0 Å². The number of hydrogen-bond acceptors (Lipinski definition) is 9. The van der Waals surface area contributed by atoms with Crippen LogP contribution in [0.2, 0.25) is 5.15 Å². The molecule has 0 spiro atoms. The molecule has 0 unspecified atom stereocenters. The van der Waals surface area contributed by atoms with E-state index in [0.717, 1.165) is 30.1 Å². The van der Waals surface area contributed by atoms with E-state index in [2.05, 4.69) is 37.9 Å². The zero-order valence-corrected chi connectivity index (χ0v) is 22.5. The molecular weight excluding hydrogens is 666 g/mol. The van der Waals surface area contributed by atoms with Crippen molar-refractivity contribution >= 4 is 34.0 Å². The van der Waals surface area contributed by atoms with Gasteiger partial charge in [-0.05, 0) is 19.1 Å². The summed E-state index contributed by atoms with van der Waals surface area (Å²) in [6, 6.07) is 3.43. The van der Waals surface area contributed by atoms with Gasteiger partial charge in [0, 0.05) is 36.1 Å². The van der Waals surface area contributed by atoms with Crippen molar-refractivity contribution in [3.8, 4) is 16.9 Å². The fourth-order valence-electron chi connectivity index (χ4n) is 2.66. The molecule has 2 N–H and O–H groups in total. The van der Waals surface area contributed by atoms with Crippen LogP contribution in [0.1, 0.15) is 16.1 Å². The normalized spacial score (nSPS) is 13.3. The topological polar surface area (TPSA) is 113 Å². The number of nitrogens with one attached hydrogen (secondary N) is 1. The number of anilines is 1. The van der Waals surface area contributed by atoms with Gasteiger partial charge in [0.05, 0.1) is 24.0 Å². The first kappa shape index (κ1) is 25.7. The minimum atomic E-state index is -0.363. The zero-order chi connectivity index (χ0) is 21.7. The molecule has 31 heavy (non-hydrogen) atoms. The van der Waals surface area contributed by atoms with E-state index < -0.39 is 0 Å². The fourth-order valence-corrected chi connectivity index (χ4v) is 3.21. The van der Waals surface area contributed by atoms with Crippen molar-refractivity contribution in [3.63, 3.8) is 0 Å². The maximum atomic E-state index is 12.6. The number of halogens is 1. The van der Waals surface area contributed by atoms with Crippen molar-refractivity contribution in [2.45, 2.75) is 6.92 Å². The second kappa shape index (κ2) is 11.9. The number of rotatable bonds is 4. The number of amides is 1. The summed E-state index contributed by atoms with van der Waals surface area (Å²) in [6.07, 6.45) is 3.01. The van der Waals surface area contributed by atoms with Crippen LogP contribution >= 0.6 is 22.9 Å². The maximum Gasteiger partial charge on any atom is 2.00 e. The number of nitrogens with zero attached hydrogens (tertiary/aromatic N) is 5. The van der Waals surface area contributed by atoms with Crippen LogP contribution in [0, 0.1) is 56.4 Å². The minimum absolute atomic E-state index is 0. The van der Waals surface area contributed by atoms with Gasteiger partial charge in [0.15, 0.2) is 0 Å². The molecule has 1 amide bonds. The first-order valence-electron chi connectivity index (χ1n) is 8.81. The summed E-state index contributed by atoms with van der Waals surface area (Å²) >= 11 is 7.11. The average molecular weight is 685 g/mol. The largest absolute Gasteiger partial charge is 2.00 e. The van der Waals surface area contributed by atoms with E-state index in [4.69, 9.17) is 21.5 Å². The molecular formula is C19H19ClN6O3SU. The molecule has 3 aromatic heterocycles. The molecule has 12 heteroatoms. The summed E-state index contributed by atoms with van der Waals surface area (Å²) in [5, 5.41) is 20.3. The Kier molecular flexibility index (Phi) is 9.81. The summed E-state index contributed by atoms with van der Waals surface area (Å²) in [5.74, 6) is 0.607. The number of methoxy groups -OCH3 is 1.